The predicted molar refractivity (Wildman–Crippen MR) is 175 cm³/mol. The Balaban J connectivity index is 1.21. The van der Waals surface area contributed by atoms with E-state index in [0.29, 0.717) is 25.4 Å². The topological polar surface area (TPSA) is 63.4 Å². The molecule has 6 nitrogen and oxygen atoms in total. The van der Waals surface area contributed by atoms with Gasteiger partial charge in [0.2, 0.25) is 0 Å². The van der Waals surface area contributed by atoms with E-state index in [-0.39, 0.29) is 5.41 Å². The van der Waals surface area contributed by atoms with Crippen molar-refractivity contribution in [3.63, 3.8) is 0 Å². The third-order valence-corrected chi connectivity index (χ3v) is 10.00. The van der Waals surface area contributed by atoms with Gasteiger partial charge in [0.25, 0.3) is 0 Å². The molecule has 0 amide bonds. The van der Waals surface area contributed by atoms with Crippen molar-refractivity contribution in [3.8, 4) is 22.6 Å². The molecule has 2 aliphatic carbocycles. The van der Waals surface area contributed by atoms with Gasteiger partial charge < -0.3 is 14.6 Å². The molecule has 0 unspecified atom stereocenters. The Labute approximate surface area is 265 Å². The monoisotopic (exact) mass is 598 g/mol. The Morgan fingerprint density at radius 1 is 0.956 bits per heavy atom. The van der Waals surface area contributed by atoms with Crippen LogP contribution in [0.2, 0.25) is 0 Å². The van der Waals surface area contributed by atoms with Gasteiger partial charge in [-0.2, -0.15) is 0 Å². The van der Waals surface area contributed by atoms with E-state index in [1.165, 1.54) is 27.8 Å². The zero-order valence-electron chi connectivity index (χ0n) is 25.7. The minimum Gasteiger partial charge on any atom is -0.488 e. The number of hydrogen-bond donors (Lipinski definition) is 1. The average molecular weight is 599 g/mol. The summed E-state index contributed by atoms with van der Waals surface area (Å²) in [6.45, 7) is 11.7. The number of nitrogens with zero attached hydrogens (tertiary/aromatic N) is 2. The molecule has 2 fully saturated rings. The maximum atomic E-state index is 12.3. The highest BCUT2D eigenvalue weighted by atomic mass is 16.5. The van der Waals surface area contributed by atoms with Crippen LogP contribution in [0, 0.1) is 18.9 Å². The Bertz CT molecular complexity index is 1790. The van der Waals surface area contributed by atoms with Gasteiger partial charge >= 0.3 is 5.97 Å². The van der Waals surface area contributed by atoms with Crippen LogP contribution in [0.3, 0.4) is 0 Å². The molecule has 6 heteroatoms. The van der Waals surface area contributed by atoms with Crippen molar-refractivity contribution in [1.82, 2.24) is 4.90 Å². The van der Waals surface area contributed by atoms with E-state index in [2.05, 4.69) is 59.1 Å². The van der Waals surface area contributed by atoms with Crippen molar-refractivity contribution in [2.45, 2.75) is 71.2 Å². The number of fused-ring (bicyclic) bond motifs is 1. The van der Waals surface area contributed by atoms with Gasteiger partial charge in [-0.05, 0) is 95.9 Å². The number of carbonyl (C=O) groups is 1. The smallest absolute Gasteiger partial charge is 0.320 e. The number of carboxylic acid groups (broad SMARTS) is 1. The van der Waals surface area contributed by atoms with Crippen molar-refractivity contribution in [1.29, 1.82) is 0 Å². The van der Waals surface area contributed by atoms with Gasteiger partial charge in [0, 0.05) is 24.7 Å². The fourth-order valence-corrected chi connectivity index (χ4v) is 7.32. The van der Waals surface area contributed by atoms with E-state index >= 15 is 0 Å². The number of ether oxygens (including phenoxy) is 2. The predicted octanol–water partition coefficient (Wildman–Crippen LogP) is 8.30. The second-order valence-corrected chi connectivity index (χ2v) is 12.9. The molecule has 1 aliphatic heterocycles. The molecule has 4 aromatic rings. The van der Waals surface area contributed by atoms with Crippen molar-refractivity contribution >= 4 is 11.7 Å². The Morgan fingerprint density at radius 3 is 2.51 bits per heavy atom. The third-order valence-electron chi connectivity index (χ3n) is 10.00. The molecular formula is C39H38N2O4. The van der Waals surface area contributed by atoms with Crippen LogP contribution in [0.4, 0.5) is 5.69 Å². The van der Waals surface area contributed by atoms with Crippen LogP contribution in [0.5, 0.6) is 11.5 Å². The zero-order chi connectivity index (χ0) is 31.0. The summed E-state index contributed by atoms with van der Waals surface area (Å²) >= 11 is 0. The number of hydrogen-bond acceptors (Lipinski definition) is 4. The van der Waals surface area contributed by atoms with Gasteiger partial charge in [0.05, 0.1) is 6.57 Å². The zero-order valence-corrected chi connectivity index (χ0v) is 25.7. The minimum atomic E-state index is -0.734. The summed E-state index contributed by atoms with van der Waals surface area (Å²) in [7, 11) is 0. The van der Waals surface area contributed by atoms with E-state index < -0.39 is 12.0 Å². The maximum absolute atomic E-state index is 12.3. The number of aliphatic carboxylic acids is 1. The van der Waals surface area contributed by atoms with Crippen molar-refractivity contribution < 1.29 is 19.4 Å². The molecule has 0 aromatic heterocycles. The Hall–Kier alpha value is -4.60. The molecule has 1 atom stereocenters. The molecule has 3 aliphatic rings. The molecule has 1 N–H and O–H groups in total. The lowest BCUT2D eigenvalue weighted by Crippen LogP contribution is -2.35. The second-order valence-electron chi connectivity index (χ2n) is 12.9. The van der Waals surface area contributed by atoms with Crippen LogP contribution in [-0.4, -0.2) is 28.6 Å². The highest BCUT2D eigenvalue weighted by molar-refractivity contribution is 5.74. The largest absolute Gasteiger partial charge is 0.488 e. The van der Waals surface area contributed by atoms with Gasteiger partial charge in [0.15, 0.2) is 5.69 Å². The van der Waals surface area contributed by atoms with E-state index in [4.69, 9.17) is 16.0 Å². The number of likely N-dealkylation sites (tertiary alicyclic amines) is 1. The lowest BCUT2D eigenvalue weighted by Gasteiger charge is -2.26. The van der Waals surface area contributed by atoms with E-state index in [1.807, 2.05) is 30.3 Å². The fraction of sp³-hybridized carbons (Fsp3) is 0.333. The molecule has 4 aromatic carbocycles. The molecule has 7 rings (SSSR count). The summed E-state index contributed by atoms with van der Waals surface area (Å²) in [5.41, 5.74) is 9.96. The van der Waals surface area contributed by atoms with Crippen LogP contribution in [-0.2, 0) is 37.4 Å². The molecule has 45 heavy (non-hydrogen) atoms. The van der Waals surface area contributed by atoms with Crippen LogP contribution in [0.15, 0.2) is 78.9 Å². The maximum Gasteiger partial charge on any atom is 0.320 e. The van der Waals surface area contributed by atoms with Gasteiger partial charge in [0.1, 0.15) is 30.8 Å². The molecule has 0 radical (unpaired) electrons. The Morgan fingerprint density at radius 2 is 1.73 bits per heavy atom. The van der Waals surface area contributed by atoms with Crippen LogP contribution in [0.1, 0.15) is 59.1 Å². The number of rotatable bonds is 10. The summed E-state index contributed by atoms with van der Waals surface area (Å²) in [6, 6.07) is 25.9. The first-order chi connectivity index (χ1) is 21.9. The van der Waals surface area contributed by atoms with Crippen molar-refractivity contribution in [2.75, 3.05) is 6.54 Å². The van der Waals surface area contributed by atoms with Gasteiger partial charge in [-0.25, -0.2) is 4.85 Å². The van der Waals surface area contributed by atoms with Crippen LogP contribution < -0.4 is 9.47 Å². The first-order valence-electron chi connectivity index (χ1n) is 15.9. The van der Waals surface area contributed by atoms with Gasteiger partial charge in [-0.3, -0.25) is 9.69 Å². The van der Waals surface area contributed by atoms with Gasteiger partial charge in [-0.1, -0.05) is 66.7 Å². The molecular weight excluding hydrogens is 560 g/mol. The van der Waals surface area contributed by atoms with E-state index in [9.17, 15) is 9.90 Å². The number of benzene rings is 4. The van der Waals surface area contributed by atoms with Crippen LogP contribution in [0.25, 0.3) is 16.0 Å². The van der Waals surface area contributed by atoms with Crippen molar-refractivity contribution in [3.05, 3.63) is 124 Å². The quantitative estimate of drug-likeness (QED) is 0.186. The highest BCUT2D eigenvalue weighted by Gasteiger charge is 2.54. The second kappa shape index (κ2) is 12.1. The summed E-state index contributed by atoms with van der Waals surface area (Å²) in [6.07, 6.45) is 5.84. The summed E-state index contributed by atoms with van der Waals surface area (Å²) in [4.78, 5) is 18.0. The first-order valence-corrected chi connectivity index (χ1v) is 15.9. The van der Waals surface area contributed by atoms with Gasteiger partial charge in [-0.15, -0.1) is 0 Å². The van der Waals surface area contributed by atoms with E-state index in [1.54, 1.807) is 6.07 Å². The molecule has 228 valence electrons. The van der Waals surface area contributed by atoms with Crippen LogP contribution >= 0.6 is 0 Å². The summed E-state index contributed by atoms with van der Waals surface area (Å²) in [5.74, 6) is 0.854. The average Bonchev–Trinajstić information content (AvgIpc) is 3.45. The molecule has 1 saturated carbocycles. The molecule has 0 bridgehead atoms. The standard InChI is InChI=1S/C39H38N2O4/c1-26-29(12-7-14-31(26)28-10-4-3-5-11-28)24-45-36-20-37(44-23-27-9-6-13-30(19-27)40-2)34(32-15-8-16-33(32)36)22-41-25-39(17-18-39)21-35(41)38(42)43/h3-7,9-14,19-20,35H,8,15-18,21-25H2,1H3,(H,42,43)/t35-/m0/s1. The number of carboxylic acids is 1. The molecule has 1 spiro atoms. The Kier molecular flexibility index (Phi) is 7.81. The summed E-state index contributed by atoms with van der Waals surface area (Å²) < 4.78 is 13.2. The van der Waals surface area contributed by atoms with Crippen molar-refractivity contribution in [2.24, 2.45) is 5.41 Å². The lowest BCUT2D eigenvalue weighted by atomic mass is 9.97. The van der Waals surface area contributed by atoms with E-state index in [0.717, 1.165) is 73.3 Å². The molecule has 1 saturated heterocycles. The minimum absolute atomic E-state index is 0.169. The third kappa shape index (κ3) is 5.93. The first kappa shape index (κ1) is 29.1. The summed E-state index contributed by atoms with van der Waals surface area (Å²) in [5, 5.41) is 10.1. The highest BCUT2D eigenvalue weighted by Crippen LogP contribution is 2.55. The lowest BCUT2D eigenvalue weighted by molar-refractivity contribution is -0.142. The normalized spacial score (nSPS) is 18.0. The molecule has 1 heterocycles. The fourth-order valence-electron chi connectivity index (χ4n) is 7.32. The SMILES string of the molecule is [C-]#[N+]c1cccc(COc2cc(OCc3cccc(-c4ccccc4)c3C)c3c(c2CN2CC4(CC4)C[C@H]2C(=O)O)CCC3)c1.